The zero-order chi connectivity index (χ0) is 13.3. The number of hydrogen-bond acceptors (Lipinski definition) is 2. The molecule has 1 fully saturated rings. The maximum atomic E-state index is 5.91. The van der Waals surface area contributed by atoms with Crippen molar-refractivity contribution in [2.75, 3.05) is 12.3 Å². The second-order valence-corrected chi connectivity index (χ2v) is 6.08. The van der Waals surface area contributed by atoms with E-state index in [2.05, 4.69) is 34.6 Å². The first-order chi connectivity index (χ1) is 9.34. The second-order valence-electron chi connectivity index (χ2n) is 4.91. The van der Waals surface area contributed by atoms with Gasteiger partial charge < -0.3 is 11.1 Å². The third kappa shape index (κ3) is 6.83. The van der Waals surface area contributed by atoms with Gasteiger partial charge in [-0.1, -0.05) is 37.5 Å². The molecule has 0 spiro atoms. The van der Waals surface area contributed by atoms with Crippen molar-refractivity contribution >= 4 is 41.7 Å². The Labute approximate surface area is 143 Å². The molecule has 0 atom stereocenters. The topological polar surface area (TPSA) is 50.4 Å². The predicted octanol–water partition coefficient (Wildman–Crippen LogP) is 3.63. The zero-order valence-corrected chi connectivity index (χ0v) is 14.9. The molecule has 1 aliphatic rings. The third-order valence-corrected chi connectivity index (χ3v) is 4.33. The van der Waals surface area contributed by atoms with Gasteiger partial charge in [-0.3, -0.25) is 4.99 Å². The normalized spacial score (nSPS) is 16.5. The standard InChI is InChI=1S/C15H23N3S.HI/c16-15(18-13-7-3-1-4-8-13)17-11-12-19-14-9-5-2-6-10-14;/h2,5-6,9-10,13H,1,3-4,7-8,11-12H2,(H3,16,17,18);1H. The van der Waals surface area contributed by atoms with Crippen LogP contribution in [0.25, 0.3) is 0 Å². The van der Waals surface area contributed by atoms with E-state index in [1.54, 1.807) is 0 Å². The molecule has 3 N–H and O–H groups in total. The van der Waals surface area contributed by atoms with E-state index in [-0.39, 0.29) is 24.0 Å². The quantitative estimate of drug-likeness (QED) is 0.259. The van der Waals surface area contributed by atoms with Crippen molar-refractivity contribution in [1.82, 2.24) is 5.32 Å². The van der Waals surface area contributed by atoms with Crippen LogP contribution in [0.3, 0.4) is 0 Å². The van der Waals surface area contributed by atoms with E-state index >= 15 is 0 Å². The zero-order valence-electron chi connectivity index (χ0n) is 11.8. The number of benzene rings is 1. The van der Waals surface area contributed by atoms with Gasteiger partial charge >= 0.3 is 0 Å². The first-order valence-electron chi connectivity index (χ1n) is 7.09. The van der Waals surface area contributed by atoms with E-state index in [1.807, 2.05) is 17.8 Å². The number of aliphatic imine (C=N–C) groups is 1. The lowest BCUT2D eigenvalue weighted by Crippen LogP contribution is -2.41. The molecule has 1 aliphatic carbocycles. The number of guanidine groups is 1. The molecule has 0 amide bonds. The molecule has 0 aliphatic heterocycles. The van der Waals surface area contributed by atoms with Gasteiger partial charge in [0.2, 0.25) is 0 Å². The minimum Gasteiger partial charge on any atom is -0.370 e. The Balaban J connectivity index is 0.00000200. The first kappa shape index (κ1) is 17.6. The third-order valence-electron chi connectivity index (χ3n) is 3.34. The molecule has 5 heteroatoms. The van der Waals surface area contributed by atoms with E-state index < -0.39 is 0 Å². The number of nitrogens with two attached hydrogens (primary N) is 1. The Morgan fingerprint density at radius 3 is 2.60 bits per heavy atom. The minimum absolute atomic E-state index is 0. The number of rotatable bonds is 5. The molecule has 0 saturated heterocycles. The van der Waals surface area contributed by atoms with Crippen LogP contribution in [-0.4, -0.2) is 24.3 Å². The van der Waals surface area contributed by atoms with Crippen molar-refractivity contribution in [2.45, 2.75) is 43.0 Å². The van der Waals surface area contributed by atoms with Gasteiger partial charge in [-0.05, 0) is 25.0 Å². The molecule has 2 rings (SSSR count). The number of nitrogens with one attached hydrogen (secondary N) is 1. The van der Waals surface area contributed by atoms with Gasteiger partial charge in [0.05, 0.1) is 6.54 Å². The molecule has 112 valence electrons. The summed E-state index contributed by atoms with van der Waals surface area (Å²) in [6, 6.07) is 10.9. The SMILES string of the molecule is I.NC(=NCCSc1ccccc1)NC1CCCCC1. The highest BCUT2D eigenvalue weighted by Crippen LogP contribution is 2.17. The first-order valence-corrected chi connectivity index (χ1v) is 8.07. The fraction of sp³-hybridized carbons (Fsp3) is 0.533. The van der Waals surface area contributed by atoms with E-state index in [0.29, 0.717) is 12.0 Å². The lowest BCUT2D eigenvalue weighted by Gasteiger charge is -2.23. The van der Waals surface area contributed by atoms with Gasteiger partial charge in [-0.25, -0.2) is 0 Å². The number of thioether (sulfide) groups is 1. The summed E-state index contributed by atoms with van der Waals surface area (Å²) < 4.78 is 0. The van der Waals surface area contributed by atoms with Crippen molar-refractivity contribution in [3.05, 3.63) is 30.3 Å². The van der Waals surface area contributed by atoms with E-state index in [4.69, 9.17) is 5.73 Å². The largest absolute Gasteiger partial charge is 0.370 e. The summed E-state index contributed by atoms with van der Waals surface area (Å²) >= 11 is 1.82. The van der Waals surface area contributed by atoms with Gasteiger partial charge in [-0.15, -0.1) is 35.7 Å². The van der Waals surface area contributed by atoms with Crippen LogP contribution in [0.5, 0.6) is 0 Å². The van der Waals surface area contributed by atoms with Crippen molar-refractivity contribution < 1.29 is 0 Å². The average Bonchev–Trinajstić information content (AvgIpc) is 2.46. The van der Waals surface area contributed by atoms with Crippen LogP contribution >= 0.6 is 35.7 Å². The fourth-order valence-electron chi connectivity index (χ4n) is 2.35. The Kier molecular flexibility index (Phi) is 9.09. The number of hydrogen-bond donors (Lipinski definition) is 2. The van der Waals surface area contributed by atoms with Crippen LogP contribution in [0.4, 0.5) is 0 Å². The van der Waals surface area contributed by atoms with Crippen molar-refractivity contribution in [3.63, 3.8) is 0 Å². The Morgan fingerprint density at radius 2 is 1.90 bits per heavy atom. The highest BCUT2D eigenvalue weighted by atomic mass is 127. The van der Waals surface area contributed by atoms with E-state index in [1.165, 1.54) is 37.0 Å². The van der Waals surface area contributed by atoms with Crippen LogP contribution in [0.2, 0.25) is 0 Å². The average molecular weight is 405 g/mol. The predicted molar refractivity (Wildman–Crippen MR) is 99.1 cm³/mol. The molecule has 0 unspecified atom stereocenters. The summed E-state index contributed by atoms with van der Waals surface area (Å²) in [6.07, 6.45) is 6.45. The maximum absolute atomic E-state index is 5.91. The monoisotopic (exact) mass is 405 g/mol. The minimum atomic E-state index is 0. The number of nitrogens with zero attached hydrogens (tertiary/aromatic N) is 1. The van der Waals surface area contributed by atoms with Gasteiger partial charge in [0.1, 0.15) is 0 Å². The second kappa shape index (κ2) is 10.3. The lowest BCUT2D eigenvalue weighted by molar-refractivity contribution is 0.412. The van der Waals surface area contributed by atoms with Crippen LogP contribution < -0.4 is 11.1 Å². The molecule has 1 saturated carbocycles. The van der Waals surface area contributed by atoms with E-state index in [9.17, 15) is 0 Å². The molecule has 3 nitrogen and oxygen atoms in total. The van der Waals surface area contributed by atoms with Gasteiger partial charge in [-0.2, -0.15) is 0 Å². The van der Waals surface area contributed by atoms with Crippen LogP contribution in [0.15, 0.2) is 40.2 Å². The molecule has 1 aromatic carbocycles. The smallest absolute Gasteiger partial charge is 0.188 e. The fourth-order valence-corrected chi connectivity index (χ4v) is 3.12. The van der Waals surface area contributed by atoms with Gasteiger partial charge in [0, 0.05) is 16.7 Å². The van der Waals surface area contributed by atoms with Gasteiger partial charge in [0.25, 0.3) is 0 Å². The van der Waals surface area contributed by atoms with Crippen molar-refractivity contribution in [1.29, 1.82) is 0 Å². The summed E-state index contributed by atoms with van der Waals surface area (Å²) in [6.45, 7) is 0.769. The number of halogens is 1. The highest BCUT2D eigenvalue weighted by Gasteiger charge is 2.12. The highest BCUT2D eigenvalue weighted by molar-refractivity contribution is 14.0. The molecule has 0 aromatic heterocycles. The van der Waals surface area contributed by atoms with Crippen molar-refractivity contribution in [2.24, 2.45) is 10.7 Å². The van der Waals surface area contributed by atoms with Gasteiger partial charge in [0.15, 0.2) is 5.96 Å². The Hall–Kier alpha value is -0.430. The summed E-state index contributed by atoms with van der Waals surface area (Å²) in [5, 5.41) is 3.34. The Morgan fingerprint density at radius 1 is 1.20 bits per heavy atom. The summed E-state index contributed by atoms with van der Waals surface area (Å²) in [5.74, 6) is 1.58. The summed E-state index contributed by atoms with van der Waals surface area (Å²) in [7, 11) is 0. The maximum Gasteiger partial charge on any atom is 0.188 e. The lowest BCUT2D eigenvalue weighted by atomic mass is 9.96. The molecule has 0 radical (unpaired) electrons. The summed E-state index contributed by atoms with van der Waals surface area (Å²) in [4.78, 5) is 5.68. The van der Waals surface area contributed by atoms with Crippen LogP contribution in [0.1, 0.15) is 32.1 Å². The molecular formula is C15H24IN3S. The van der Waals surface area contributed by atoms with Crippen LogP contribution in [-0.2, 0) is 0 Å². The van der Waals surface area contributed by atoms with E-state index in [0.717, 1.165) is 12.3 Å². The van der Waals surface area contributed by atoms with Crippen LogP contribution in [0, 0.1) is 0 Å². The van der Waals surface area contributed by atoms with Crippen molar-refractivity contribution in [3.8, 4) is 0 Å². The summed E-state index contributed by atoms with van der Waals surface area (Å²) in [5.41, 5.74) is 5.91. The molecule has 0 heterocycles. The molecule has 1 aromatic rings. The Bertz CT molecular complexity index is 391. The molecule has 20 heavy (non-hydrogen) atoms. The molecular weight excluding hydrogens is 381 g/mol. The molecule has 0 bridgehead atoms.